The molecule has 5 heteroatoms. The Labute approximate surface area is 470 Å². The molecule has 0 radical (unpaired) electrons. The second-order valence-corrected chi connectivity index (χ2v) is 27.6. The summed E-state index contributed by atoms with van der Waals surface area (Å²) >= 11 is 0. The molecule has 0 aliphatic carbocycles. The van der Waals surface area contributed by atoms with Gasteiger partial charge in [0.15, 0.2) is 0 Å². The van der Waals surface area contributed by atoms with Gasteiger partial charge in [-0.25, -0.2) is 0 Å². The van der Waals surface area contributed by atoms with Crippen molar-refractivity contribution in [2.75, 3.05) is 14.7 Å². The summed E-state index contributed by atoms with van der Waals surface area (Å²) in [5.74, 6) is 0. The zero-order valence-corrected chi connectivity index (χ0v) is 49.2. The van der Waals surface area contributed by atoms with Crippen LogP contribution in [0.3, 0.4) is 0 Å². The molecule has 0 saturated carbocycles. The second-order valence-electron chi connectivity index (χ2n) is 27.6. The van der Waals surface area contributed by atoms with Crippen molar-refractivity contribution < 1.29 is 4.42 Å². The van der Waals surface area contributed by atoms with Gasteiger partial charge in [0.25, 0.3) is 6.71 Å². The molecule has 12 rings (SSSR count). The summed E-state index contributed by atoms with van der Waals surface area (Å²) in [6, 6.07) is 71.7. The van der Waals surface area contributed by atoms with E-state index in [4.69, 9.17) is 4.42 Å². The number of nitrogens with zero attached hydrogens (tertiary/aromatic N) is 3. The van der Waals surface area contributed by atoms with Crippen LogP contribution in [-0.4, -0.2) is 6.71 Å². The average molecular weight is 1030 g/mol. The van der Waals surface area contributed by atoms with Gasteiger partial charge in [0, 0.05) is 62.0 Å². The van der Waals surface area contributed by atoms with Crippen LogP contribution in [0.1, 0.15) is 132 Å². The van der Waals surface area contributed by atoms with Gasteiger partial charge in [0.1, 0.15) is 11.2 Å². The van der Waals surface area contributed by atoms with Gasteiger partial charge < -0.3 is 19.1 Å². The van der Waals surface area contributed by atoms with Gasteiger partial charge in [-0.1, -0.05) is 201 Å². The average Bonchev–Trinajstić information content (AvgIpc) is 3.99. The first kappa shape index (κ1) is 52.0. The molecular formula is C74H76BN3O. The van der Waals surface area contributed by atoms with Crippen LogP contribution in [0.4, 0.5) is 51.2 Å². The maximum absolute atomic E-state index is 6.51. The molecule has 2 aliphatic rings. The predicted octanol–water partition coefficient (Wildman–Crippen LogP) is 19.3. The quantitative estimate of drug-likeness (QED) is 0.155. The zero-order chi connectivity index (χ0) is 55.7. The van der Waals surface area contributed by atoms with E-state index in [-0.39, 0.29) is 33.8 Å². The summed E-state index contributed by atoms with van der Waals surface area (Å²) in [6.07, 6.45) is 0. The maximum atomic E-state index is 6.51. The summed E-state index contributed by atoms with van der Waals surface area (Å²) in [4.78, 5) is 7.63. The highest BCUT2D eigenvalue weighted by Crippen LogP contribution is 2.49. The molecule has 0 unspecified atom stereocenters. The molecule has 396 valence electrons. The minimum Gasteiger partial charge on any atom is -0.456 e. The van der Waals surface area contributed by atoms with Crippen molar-refractivity contribution in [1.82, 2.24) is 0 Å². The van der Waals surface area contributed by atoms with Crippen LogP contribution in [0.5, 0.6) is 0 Å². The topological polar surface area (TPSA) is 22.9 Å². The van der Waals surface area contributed by atoms with Gasteiger partial charge in [-0.2, -0.15) is 0 Å². The fraction of sp³-hybridized carbons (Fsp3) is 0.270. The maximum Gasteiger partial charge on any atom is 0.252 e. The lowest BCUT2D eigenvalue weighted by Gasteiger charge is -2.45. The Balaban J connectivity index is 1.16. The summed E-state index contributed by atoms with van der Waals surface area (Å²) < 4.78 is 6.51. The molecule has 4 nitrogen and oxygen atoms in total. The predicted molar refractivity (Wildman–Crippen MR) is 341 cm³/mol. The minimum absolute atomic E-state index is 0.0154. The number of fused-ring (bicyclic) bond motifs is 7. The molecule has 2 aliphatic heterocycles. The van der Waals surface area contributed by atoms with Crippen LogP contribution < -0.4 is 31.1 Å². The standard InChI is InChI=1S/C74H76BN3O/c1-70(2,3)48-26-33-53(34-27-48)76(54-35-28-49(29-36-54)71(4,5)6)57-39-40-60-63(46-57)78(56-21-18-20-47(42-56)58-23-19-25-67-68(58)59-22-16-17-24-66(59)79-67)65-45-52(74(13,14)15)44-64-69(65)75(60)61-43-51(73(10,11)12)32-41-62(61)77(64)55-37-30-50(31-38-55)72(7,8)9/h16-46H,1-15H3. The highest BCUT2D eigenvalue weighted by Gasteiger charge is 2.45. The van der Waals surface area contributed by atoms with Gasteiger partial charge in [0.2, 0.25) is 0 Å². The molecule has 1 aromatic heterocycles. The van der Waals surface area contributed by atoms with Crippen LogP contribution in [0, 0.1) is 0 Å². The molecule has 0 saturated heterocycles. The van der Waals surface area contributed by atoms with Crippen molar-refractivity contribution in [1.29, 1.82) is 0 Å². The number of furan rings is 1. The van der Waals surface area contributed by atoms with Gasteiger partial charge in [-0.3, -0.25) is 0 Å². The molecule has 0 atom stereocenters. The number of hydrogen-bond acceptors (Lipinski definition) is 4. The van der Waals surface area contributed by atoms with Crippen molar-refractivity contribution in [2.45, 2.75) is 131 Å². The number of para-hydroxylation sites is 1. The third kappa shape index (κ3) is 9.13. The van der Waals surface area contributed by atoms with Crippen LogP contribution in [0.25, 0.3) is 33.1 Å². The first-order valence-corrected chi connectivity index (χ1v) is 28.5. The van der Waals surface area contributed by atoms with Gasteiger partial charge in [-0.05, 0) is 173 Å². The molecule has 0 spiro atoms. The fourth-order valence-corrected chi connectivity index (χ4v) is 12.2. The molecule has 9 aromatic carbocycles. The SMILES string of the molecule is CC(C)(C)c1ccc(N(c2ccc(C(C)(C)C)cc2)c2ccc3c(c2)N(c2cccc(-c4cccc5oc6ccccc6c45)c2)c2cc(C(C)(C)C)cc4c2B3c2cc(C(C)(C)C)ccc2N4c2ccc(C(C)(C)C)cc2)cc1. The summed E-state index contributed by atoms with van der Waals surface area (Å²) in [5.41, 5.74) is 24.7. The molecule has 0 fully saturated rings. The van der Waals surface area contributed by atoms with Crippen LogP contribution >= 0.6 is 0 Å². The van der Waals surface area contributed by atoms with E-state index in [2.05, 4.69) is 307 Å². The summed E-state index contributed by atoms with van der Waals surface area (Å²) in [6.45, 7) is 34.7. The molecule has 0 bridgehead atoms. The lowest BCUT2D eigenvalue weighted by molar-refractivity contribution is 0.589. The van der Waals surface area contributed by atoms with E-state index >= 15 is 0 Å². The first-order valence-electron chi connectivity index (χ1n) is 28.5. The number of rotatable bonds is 6. The molecule has 10 aromatic rings. The van der Waals surface area contributed by atoms with Crippen molar-refractivity contribution in [3.8, 4) is 11.1 Å². The van der Waals surface area contributed by atoms with E-state index in [0.29, 0.717) is 0 Å². The fourth-order valence-electron chi connectivity index (χ4n) is 12.2. The van der Waals surface area contributed by atoms with Crippen molar-refractivity contribution >= 4 is 96.2 Å². The van der Waals surface area contributed by atoms with Crippen molar-refractivity contribution in [2.24, 2.45) is 0 Å². The molecular weight excluding hydrogens is 958 g/mol. The van der Waals surface area contributed by atoms with Gasteiger partial charge >= 0.3 is 0 Å². The Morgan fingerprint density at radius 2 is 0.861 bits per heavy atom. The van der Waals surface area contributed by atoms with E-state index in [0.717, 1.165) is 67.2 Å². The smallest absolute Gasteiger partial charge is 0.252 e. The molecule has 0 N–H and O–H groups in total. The highest BCUT2D eigenvalue weighted by atomic mass is 16.3. The first-order chi connectivity index (χ1) is 37.3. The highest BCUT2D eigenvalue weighted by molar-refractivity contribution is 7.00. The number of hydrogen-bond donors (Lipinski definition) is 0. The van der Waals surface area contributed by atoms with Crippen LogP contribution in [0.15, 0.2) is 192 Å². The largest absolute Gasteiger partial charge is 0.456 e. The van der Waals surface area contributed by atoms with Gasteiger partial charge in [0.05, 0.1) is 0 Å². The lowest BCUT2D eigenvalue weighted by atomic mass is 9.33. The third-order valence-electron chi connectivity index (χ3n) is 16.8. The van der Waals surface area contributed by atoms with Crippen molar-refractivity contribution in [3.63, 3.8) is 0 Å². The molecule has 3 heterocycles. The lowest BCUT2D eigenvalue weighted by Crippen LogP contribution is -2.61. The Morgan fingerprint density at radius 1 is 0.354 bits per heavy atom. The van der Waals surface area contributed by atoms with Crippen molar-refractivity contribution in [3.05, 3.63) is 216 Å². The second kappa shape index (κ2) is 18.4. The number of anilines is 9. The normalized spacial score (nSPS) is 13.7. The van der Waals surface area contributed by atoms with E-state index in [9.17, 15) is 0 Å². The molecule has 0 amide bonds. The van der Waals surface area contributed by atoms with Crippen LogP contribution in [0.2, 0.25) is 0 Å². The van der Waals surface area contributed by atoms with Crippen LogP contribution in [-0.2, 0) is 27.1 Å². The minimum atomic E-state index is -0.179. The summed E-state index contributed by atoms with van der Waals surface area (Å²) in [7, 11) is 0. The monoisotopic (exact) mass is 1030 g/mol. The van der Waals surface area contributed by atoms with E-state index < -0.39 is 0 Å². The Morgan fingerprint density at radius 3 is 1.44 bits per heavy atom. The molecule has 79 heavy (non-hydrogen) atoms. The number of benzene rings is 9. The van der Waals surface area contributed by atoms with E-state index in [1.165, 1.54) is 61.3 Å². The third-order valence-corrected chi connectivity index (χ3v) is 16.8. The van der Waals surface area contributed by atoms with E-state index in [1.54, 1.807) is 0 Å². The Bertz CT molecular complexity index is 3920. The Kier molecular flexibility index (Phi) is 12.1. The van der Waals surface area contributed by atoms with E-state index in [1.807, 2.05) is 0 Å². The zero-order valence-electron chi connectivity index (χ0n) is 49.2. The Hall–Kier alpha value is -7.76. The summed E-state index contributed by atoms with van der Waals surface area (Å²) in [5, 5.41) is 2.25. The van der Waals surface area contributed by atoms with Gasteiger partial charge in [-0.15, -0.1) is 0 Å².